The van der Waals surface area contributed by atoms with Crippen LogP contribution in [0.15, 0.2) is 24.4 Å². The molecule has 5 rings (SSSR count). The number of anilines is 1. The molecule has 2 aliphatic rings. The first-order valence-corrected chi connectivity index (χ1v) is 18.5. The normalized spacial score (nSPS) is 16.2. The molecule has 1 unspecified atom stereocenters. The number of carbonyl (C=O) groups is 2. The lowest BCUT2D eigenvalue weighted by atomic mass is 9.88. The third kappa shape index (κ3) is 7.46. The number of hydrogen-bond acceptors (Lipinski definition) is 7. The first-order valence-electron chi connectivity index (χ1n) is 15.5. The second kappa shape index (κ2) is 13.3. The highest BCUT2D eigenvalue weighted by Crippen LogP contribution is 2.51. The van der Waals surface area contributed by atoms with Crippen molar-refractivity contribution in [1.29, 1.82) is 0 Å². The molecule has 2 aliphatic carbocycles. The Balaban J connectivity index is 1.34. The van der Waals surface area contributed by atoms with Crippen LogP contribution in [0.3, 0.4) is 0 Å². The standard InChI is InChI=1S/C32H47N7O4S/c1-8-38-25(15-16-33-38)30(40)36-29(28(22-9-10-22)23-11-12-23)31(41)34-26-14-13-24(32(35-26)42-4)27-20(2)37-39(21(27)3)19-43-17-18-44(5,6)7/h13-16,22-23,28-29H,8-12,17-19H2,1-7H3,(H,36,40)(H,34,35,41). The minimum Gasteiger partial charge on any atom is -0.480 e. The number of aromatic nitrogens is 5. The van der Waals surface area contributed by atoms with Gasteiger partial charge in [-0.1, -0.05) is 0 Å². The van der Waals surface area contributed by atoms with Crippen LogP contribution >= 0.6 is 10.0 Å². The topological polar surface area (TPSA) is 125 Å². The van der Waals surface area contributed by atoms with Crippen molar-refractivity contribution < 1.29 is 19.1 Å². The molecule has 3 heterocycles. The van der Waals surface area contributed by atoms with Gasteiger partial charge in [0.1, 0.15) is 24.3 Å². The van der Waals surface area contributed by atoms with Crippen molar-refractivity contribution >= 4 is 27.7 Å². The van der Waals surface area contributed by atoms with E-state index in [1.54, 1.807) is 30.1 Å². The van der Waals surface area contributed by atoms with E-state index in [9.17, 15) is 9.59 Å². The molecular formula is C32H47N7O4S. The maximum Gasteiger partial charge on any atom is 0.270 e. The Bertz CT molecular complexity index is 1470. The molecule has 240 valence electrons. The van der Waals surface area contributed by atoms with Crippen LogP contribution in [0.2, 0.25) is 0 Å². The fraction of sp³-hybridized carbons (Fsp3) is 0.594. The number of methoxy groups -OCH3 is 1. The Morgan fingerprint density at radius 2 is 1.77 bits per heavy atom. The summed E-state index contributed by atoms with van der Waals surface area (Å²) in [6.07, 6.45) is 12.8. The zero-order valence-electron chi connectivity index (χ0n) is 27.1. The molecule has 44 heavy (non-hydrogen) atoms. The number of aryl methyl sites for hydroxylation is 2. The van der Waals surface area contributed by atoms with Gasteiger partial charge in [0.25, 0.3) is 5.91 Å². The Morgan fingerprint density at radius 3 is 2.39 bits per heavy atom. The number of nitrogens with zero attached hydrogens (tertiary/aromatic N) is 5. The van der Waals surface area contributed by atoms with Crippen LogP contribution in [0.1, 0.15) is 54.5 Å². The first-order chi connectivity index (χ1) is 21.0. The van der Waals surface area contributed by atoms with E-state index in [-0.39, 0.29) is 17.7 Å². The maximum absolute atomic E-state index is 13.9. The third-order valence-electron chi connectivity index (χ3n) is 8.54. The molecule has 2 saturated carbocycles. The van der Waals surface area contributed by atoms with Crippen molar-refractivity contribution in [3.63, 3.8) is 0 Å². The first kappa shape index (κ1) is 32.0. The van der Waals surface area contributed by atoms with Crippen molar-refractivity contribution in [3.05, 3.63) is 41.5 Å². The fourth-order valence-corrected chi connectivity index (χ4v) is 6.57. The quantitative estimate of drug-likeness (QED) is 0.236. The molecule has 3 aromatic rings. The lowest BCUT2D eigenvalue weighted by Gasteiger charge is -2.27. The summed E-state index contributed by atoms with van der Waals surface area (Å²) >= 11 is 0. The lowest BCUT2D eigenvalue weighted by molar-refractivity contribution is -0.119. The van der Waals surface area contributed by atoms with Gasteiger partial charge in [-0.2, -0.15) is 15.2 Å². The Kier molecular flexibility index (Phi) is 9.69. The van der Waals surface area contributed by atoms with Crippen molar-refractivity contribution in [2.75, 3.05) is 43.6 Å². The summed E-state index contributed by atoms with van der Waals surface area (Å²) in [5.74, 6) is 2.24. The number of nitrogens with one attached hydrogen (secondary N) is 2. The van der Waals surface area contributed by atoms with E-state index in [4.69, 9.17) is 14.6 Å². The molecule has 2 N–H and O–H groups in total. The van der Waals surface area contributed by atoms with Crippen molar-refractivity contribution in [2.24, 2.45) is 17.8 Å². The molecule has 3 aromatic heterocycles. The predicted molar refractivity (Wildman–Crippen MR) is 174 cm³/mol. The maximum atomic E-state index is 13.9. The molecule has 12 heteroatoms. The van der Waals surface area contributed by atoms with Gasteiger partial charge in [0.15, 0.2) is 0 Å². The Labute approximate surface area is 261 Å². The van der Waals surface area contributed by atoms with E-state index in [2.05, 4.69) is 39.5 Å². The van der Waals surface area contributed by atoms with Crippen molar-refractivity contribution in [1.82, 2.24) is 29.9 Å². The number of carbonyl (C=O) groups excluding carboxylic acids is 2. The second-order valence-electron chi connectivity index (χ2n) is 12.9. The SMILES string of the molecule is CCn1nccc1C(=O)NC(C(=O)Nc1ccc(-c2c(C)nn(COCCS(C)(C)C)c2C)c(OC)n1)C(C1CC1)C1CC1. The van der Waals surface area contributed by atoms with Crippen LogP contribution in [0.5, 0.6) is 5.88 Å². The van der Waals surface area contributed by atoms with Gasteiger partial charge in [-0.05, 0) is 101 Å². The average molecular weight is 626 g/mol. The van der Waals surface area contributed by atoms with Crippen LogP contribution in [-0.2, 0) is 22.8 Å². The Hall–Kier alpha value is -3.38. The molecule has 0 aromatic carbocycles. The molecule has 2 fully saturated rings. The van der Waals surface area contributed by atoms with Crippen LogP contribution in [-0.4, -0.2) is 80.6 Å². The molecule has 0 saturated heterocycles. The van der Waals surface area contributed by atoms with Crippen LogP contribution in [0, 0.1) is 31.6 Å². The predicted octanol–water partition coefficient (Wildman–Crippen LogP) is 4.63. The molecular weight excluding hydrogens is 578 g/mol. The highest BCUT2D eigenvalue weighted by atomic mass is 32.3. The van der Waals surface area contributed by atoms with Gasteiger partial charge in [0.05, 0.1) is 19.4 Å². The van der Waals surface area contributed by atoms with Crippen molar-refractivity contribution in [2.45, 2.75) is 65.8 Å². The van der Waals surface area contributed by atoms with E-state index < -0.39 is 16.1 Å². The van der Waals surface area contributed by atoms with Gasteiger partial charge in [0.2, 0.25) is 11.8 Å². The summed E-state index contributed by atoms with van der Waals surface area (Å²) < 4.78 is 15.2. The minimum atomic E-state index is -0.669. The van der Waals surface area contributed by atoms with Crippen LogP contribution in [0.4, 0.5) is 5.82 Å². The highest BCUT2D eigenvalue weighted by molar-refractivity contribution is 8.32. The number of amides is 2. The summed E-state index contributed by atoms with van der Waals surface area (Å²) in [6.45, 7) is 7.54. The minimum absolute atomic E-state index is 0.0984. The average Bonchev–Trinajstić information content (AvgIpc) is 3.92. The molecule has 1 atom stereocenters. The molecule has 0 spiro atoms. The van der Waals surface area contributed by atoms with Gasteiger partial charge in [0, 0.05) is 35.3 Å². The molecule has 0 aliphatic heterocycles. The van der Waals surface area contributed by atoms with E-state index >= 15 is 0 Å². The summed E-state index contributed by atoms with van der Waals surface area (Å²) in [5, 5.41) is 15.0. The summed E-state index contributed by atoms with van der Waals surface area (Å²) in [7, 11) is 0.948. The zero-order chi connectivity index (χ0) is 31.6. The molecule has 0 radical (unpaired) electrons. The number of pyridine rings is 1. The lowest BCUT2D eigenvalue weighted by Crippen LogP contribution is -2.50. The largest absolute Gasteiger partial charge is 0.480 e. The van der Waals surface area contributed by atoms with E-state index in [1.807, 2.05) is 31.5 Å². The second-order valence-corrected chi connectivity index (χ2v) is 17.4. The highest BCUT2D eigenvalue weighted by Gasteiger charge is 2.48. The summed E-state index contributed by atoms with van der Waals surface area (Å²) in [5.41, 5.74) is 3.96. The molecule has 2 amide bonds. The van der Waals surface area contributed by atoms with E-state index in [0.29, 0.717) is 49.1 Å². The fourth-order valence-electron chi connectivity index (χ4n) is 5.95. The van der Waals surface area contributed by atoms with Crippen LogP contribution in [0.25, 0.3) is 11.1 Å². The van der Waals surface area contributed by atoms with Gasteiger partial charge in [-0.15, -0.1) is 0 Å². The van der Waals surface area contributed by atoms with Gasteiger partial charge in [-0.25, -0.2) is 14.7 Å². The zero-order valence-corrected chi connectivity index (χ0v) is 27.9. The van der Waals surface area contributed by atoms with Crippen molar-refractivity contribution in [3.8, 4) is 17.0 Å². The Morgan fingerprint density at radius 1 is 1.07 bits per heavy atom. The summed E-state index contributed by atoms with van der Waals surface area (Å²) in [4.78, 5) is 31.9. The monoisotopic (exact) mass is 625 g/mol. The van der Waals surface area contributed by atoms with Gasteiger partial charge < -0.3 is 20.1 Å². The number of ether oxygens (including phenoxy) is 2. The molecule has 11 nitrogen and oxygen atoms in total. The number of rotatable bonds is 15. The number of hydrogen-bond donors (Lipinski definition) is 2. The summed E-state index contributed by atoms with van der Waals surface area (Å²) in [6, 6.07) is 4.70. The van der Waals surface area contributed by atoms with Gasteiger partial charge in [-0.3, -0.25) is 14.3 Å². The van der Waals surface area contributed by atoms with Gasteiger partial charge >= 0.3 is 0 Å². The van der Waals surface area contributed by atoms with E-state index in [0.717, 1.165) is 54.0 Å². The molecule has 0 bridgehead atoms. The van der Waals surface area contributed by atoms with Crippen LogP contribution < -0.4 is 15.4 Å². The smallest absolute Gasteiger partial charge is 0.270 e. The van der Waals surface area contributed by atoms with E-state index in [1.165, 1.54) is 0 Å². The third-order valence-corrected chi connectivity index (χ3v) is 9.94.